The number of piperidine rings is 1. The third kappa shape index (κ3) is 7.80. The number of carbonyl (C=O) groups excluding carboxylic acids is 3. The molecule has 3 heterocycles. The summed E-state index contributed by atoms with van der Waals surface area (Å²) in [4.78, 5) is 48.0. The summed E-state index contributed by atoms with van der Waals surface area (Å²) in [7, 11) is 0. The quantitative estimate of drug-likeness (QED) is 0.342. The van der Waals surface area contributed by atoms with Crippen molar-refractivity contribution in [3.8, 4) is 11.1 Å². The Bertz CT molecular complexity index is 1350. The first-order chi connectivity index (χ1) is 20.0. The molecule has 0 saturated carbocycles. The van der Waals surface area contributed by atoms with Gasteiger partial charge in [0.05, 0.1) is 6.42 Å². The van der Waals surface area contributed by atoms with Crippen LogP contribution in [0.5, 0.6) is 0 Å². The van der Waals surface area contributed by atoms with Crippen LogP contribution in [0.1, 0.15) is 54.4 Å². The summed E-state index contributed by atoms with van der Waals surface area (Å²) in [5.74, 6) is -0.619. The van der Waals surface area contributed by atoms with Crippen LogP contribution in [-0.4, -0.2) is 64.7 Å². The van der Waals surface area contributed by atoms with Crippen LogP contribution in [-0.2, 0) is 16.1 Å². The van der Waals surface area contributed by atoms with E-state index in [-0.39, 0.29) is 24.1 Å². The van der Waals surface area contributed by atoms with Gasteiger partial charge in [-0.25, -0.2) is 4.98 Å². The Labute approximate surface area is 249 Å². The maximum Gasteiger partial charge on any atom is 0.251 e. The van der Waals surface area contributed by atoms with Crippen molar-refractivity contribution in [2.24, 2.45) is 0 Å². The Morgan fingerprint density at radius 1 is 0.854 bits per heavy atom. The van der Waals surface area contributed by atoms with E-state index >= 15 is 0 Å². The number of anilines is 1. The van der Waals surface area contributed by atoms with Gasteiger partial charge in [0, 0.05) is 35.9 Å². The van der Waals surface area contributed by atoms with Gasteiger partial charge in [-0.15, -0.1) is 0 Å². The van der Waals surface area contributed by atoms with Crippen molar-refractivity contribution < 1.29 is 14.4 Å². The number of amides is 3. The van der Waals surface area contributed by atoms with Crippen LogP contribution in [0.15, 0.2) is 71.3 Å². The van der Waals surface area contributed by atoms with E-state index in [4.69, 9.17) is 0 Å². The molecular weight excluding hydrogens is 582 g/mol. The van der Waals surface area contributed by atoms with Crippen molar-refractivity contribution in [2.75, 3.05) is 31.5 Å². The van der Waals surface area contributed by atoms with Crippen molar-refractivity contribution in [1.29, 1.82) is 0 Å². The van der Waals surface area contributed by atoms with Gasteiger partial charge in [-0.1, -0.05) is 36.4 Å². The number of hydrogen-bond acceptors (Lipinski definition) is 5. The molecule has 2 aromatic carbocycles. The van der Waals surface area contributed by atoms with Gasteiger partial charge in [-0.3, -0.25) is 19.3 Å². The van der Waals surface area contributed by atoms with Crippen molar-refractivity contribution >= 4 is 39.5 Å². The summed E-state index contributed by atoms with van der Waals surface area (Å²) in [6, 6.07) is 18.3. The SMILES string of the molecule is O=C(C[C@H](NC(=O)c1ccc(-c2ccccc2CN2CCCC2)cc1)C(=O)N1CCCCC1)Nc1ccc(Br)cn1. The van der Waals surface area contributed by atoms with E-state index in [1.54, 1.807) is 35.4 Å². The van der Waals surface area contributed by atoms with E-state index in [1.807, 2.05) is 18.2 Å². The molecule has 0 aliphatic carbocycles. The zero-order chi connectivity index (χ0) is 28.6. The summed E-state index contributed by atoms with van der Waals surface area (Å²) in [5.41, 5.74) is 3.91. The lowest BCUT2D eigenvalue weighted by Crippen LogP contribution is -2.51. The third-order valence-electron chi connectivity index (χ3n) is 7.72. The molecule has 1 aromatic heterocycles. The molecule has 9 heteroatoms. The highest BCUT2D eigenvalue weighted by Crippen LogP contribution is 2.26. The molecular formula is C32H36BrN5O3. The second-order valence-electron chi connectivity index (χ2n) is 10.7. The highest BCUT2D eigenvalue weighted by atomic mass is 79.9. The van der Waals surface area contributed by atoms with E-state index in [9.17, 15) is 14.4 Å². The molecule has 0 radical (unpaired) electrons. The highest BCUT2D eigenvalue weighted by Gasteiger charge is 2.29. The molecule has 3 aromatic rings. The van der Waals surface area contributed by atoms with Gasteiger partial charge in [0.25, 0.3) is 5.91 Å². The Hall–Kier alpha value is -3.56. The molecule has 2 saturated heterocycles. The smallest absolute Gasteiger partial charge is 0.251 e. The largest absolute Gasteiger partial charge is 0.341 e. The zero-order valence-corrected chi connectivity index (χ0v) is 24.7. The van der Waals surface area contributed by atoms with Gasteiger partial charge in [0.1, 0.15) is 11.9 Å². The first kappa shape index (κ1) is 29.0. The number of halogens is 1. The second kappa shape index (κ2) is 13.9. The second-order valence-corrected chi connectivity index (χ2v) is 11.7. The Morgan fingerprint density at radius 3 is 2.27 bits per heavy atom. The number of nitrogens with zero attached hydrogens (tertiary/aromatic N) is 3. The highest BCUT2D eigenvalue weighted by molar-refractivity contribution is 9.10. The average Bonchev–Trinajstić information content (AvgIpc) is 3.51. The van der Waals surface area contributed by atoms with E-state index in [2.05, 4.69) is 54.6 Å². The molecule has 5 rings (SSSR count). The van der Waals surface area contributed by atoms with Crippen molar-refractivity contribution in [2.45, 2.75) is 51.1 Å². The molecule has 2 N–H and O–H groups in total. The number of aromatic nitrogens is 1. The minimum atomic E-state index is -0.975. The lowest BCUT2D eigenvalue weighted by molar-refractivity contribution is -0.135. The number of carbonyl (C=O) groups is 3. The van der Waals surface area contributed by atoms with Gasteiger partial charge >= 0.3 is 0 Å². The van der Waals surface area contributed by atoms with Gasteiger partial charge in [0.2, 0.25) is 11.8 Å². The molecule has 2 fully saturated rings. The fraction of sp³-hybridized carbons (Fsp3) is 0.375. The topological polar surface area (TPSA) is 94.6 Å². The first-order valence-electron chi connectivity index (χ1n) is 14.4. The van der Waals surface area contributed by atoms with Crippen LogP contribution in [0.2, 0.25) is 0 Å². The number of pyridine rings is 1. The molecule has 0 bridgehead atoms. The molecule has 8 nitrogen and oxygen atoms in total. The minimum Gasteiger partial charge on any atom is -0.341 e. The molecule has 0 unspecified atom stereocenters. The summed E-state index contributed by atoms with van der Waals surface area (Å²) in [6.45, 7) is 4.43. The van der Waals surface area contributed by atoms with Crippen molar-refractivity contribution in [1.82, 2.24) is 20.1 Å². The lowest BCUT2D eigenvalue weighted by Gasteiger charge is -2.30. The van der Waals surface area contributed by atoms with Gasteiger partial charge in [-0.2, -0.15) is 0 Å². The van der Waals surface area contributed by atoms with Gasteiger partial charge in [0.15, 0.2) is 0 Å². The van der Waals surface area contributed by atoms with Crippen LogP contribution in [0.25, 0.3) is 11.1 Å². The summed E-state index contributed by atoms with van der Waals surface area (Å²) < 4.78 is 0.794. The number of hydrogen-bond donors (Lipinski definition) is 2. The molecule has 1 atom stereocenters. The van der Waals surface area contributed by atoms with Crippen LogP contribution in [0.4, 0.5) is 5.82 Å². The third-order valence-corrected chi connectivity index (χ3v) is 8.19. The summed E-state index contributed by atoms with van der Waals surface area (Å²) in [5, 5.41) is 5.58. The van der Waals surface area contributed by atoms with Gasteiger partial charge < -0.3 is 15.5 Å². The predicted molar refractivity (Wildman–Crippen MR) is 163 cm³/mol. The maximum absolute atomic E-state index is 13.4. The maximum atomic E-state index is 13.4. The van der Waals surface area contributed by atoms with E-state index in [1.165, 1.54) is 18.4 Å². The monoisotopic (exact) mass is 617 g/mol. The number of rotatable bonds is 9. The fourth-order valence-corrected chi connectivity index (χ4v) is 5.76. The fourth-order valence-electron chi connectivity index (χ4n) is 5.53. The normalized spacial score (nSPS) is 16.3. The Kier molecular flexibility index (Phi) is 9.80. The number of likely N-dealkylation sites (tertiary alicyclic amines) is 2. The molecule has 0 spiro atoms. The molecule has 41 heavy (non-hydrogen) atoms. The van der Waals surface area contributed by atoms with Crippen molar-refractivity contribution in [3.63, 3.8) is 0 Å². The van der Waals surface area contributed by atoms with E-state index in [0.717, 1.165) is 54.5 Å². The van der Waals surface area contributed by atoms with Gasteiger partial charge in [-0.05, 0) is 102 Å². The molecule has 2 aliphatic heterocycles. The average molecular weight is 619 g/mol. The van der Waals surface area contributed by atoms with Crippen LogP contribution >= 0.6 is 15.9 Å². The Morgan fingerprint density at radius 2 is 1.56 bits per heavy atom. The van der Waals surface area contributed by atoms with Crippen molar-refractivity contribution in [3.05, 3.63) is 82.5 Å². The molecule has 3 amide bonds. The summed E-state index contributed by atoms with van der Waals surface area (Å²) >= 11 is 3.33. The first-order valence-corrected chi connectivity index (χ1v) is 15.2. The van der Waals surface area contributed by atoms with Crippen LogP contribution in [0, 0.1) is 0 Å². The van der Waals surface area contributed by atoms with Crippen LogP contribution < -0.4 is 10.6 Å². The number of nitrogens with one attached hydrogen (secondary N) is 2. The van der Waals surface area contributed by atoms with Crippen LogP contribution in [0.3, 0.4) is 0 Å². The zero-order valence-electron chi connectivity index (χ0n) is 23.2. The molecule has 2 aliphatic rings. The molecule has 214 valence electrons. The minimum absolute atomic E-state index is 0.180. The summed E-state index contributed by atoms with van der Waals surface area (Å²) in [6.07, 6.45) is 6.81. The number of benzene rings is 2. The Balaban J connectivity index is 1.28. The standard InChI is InChI=1S/C32H36BrN5O3/c33-26-14-15-29(34-21-26)36-30(39)20-28(32(41)38-18-4-1-5-19-38)35-31(40)24-12-10-23(11-13-24)27-9-3-2-8-25(27)22-37-16-6-7-17-37/h2-3,8-15,21,28H,1,4-7,16-20,22H2,(H,35,40)(H,34,36,39)/t28-/m0/s1. The lowest BCUT2D eigenvalue weighted by atomic mass is 9.98. The predicted octanol–water partition coefficient (Wildman–Crippen LogP) is 5.25. The van der Waals surface area contributed by atoms with E-state index in [0.29, 0.717) is 24.5 Å². The van der Waals surface area contributed by atoms with E-state index < -0.39 is 6.04 Å².